The Bertz CT molecular complexity index is 795. The highest BCUT2D eigenvalue weighted by molar-refractivity contribution is 6.04. The van der Waals surface area contributed by atoms with Crippen molar-refractivity contribution in [1.29, 1.82) is 0 Å². The van der Waals surface area contributed by atoms with Crippen LogP contribution >= 0.6 is 0 Å². The van der Waals surface area contributed by atoms with Crippen LogP contribution in [-0.4, -0.2) is 66.6 Å². The fourth-order valence-electron chi connectivity index (χ4n) is 2.63. The summed E-state index contributed by atoms with van der Waals surface area (Å²) >= 11 is 0. The van der Waals surface area contributed by atoms with Crippen molar-refractivity contribution in [3.05, 3.63) is 23.8 Å². The van der Waals surface area contributed by atoms with E-state index < -0.39 is 36.5 Å². The van der Waals surface area contributed by atoms with Gasteiger partial charge in [0.1, 0.15) is 13.1 Å². The predicted molar refractivity (Wildman–Crippen MR) is 89.7 cm³/mol. The number of carbonyl (C=O) groups excluding carboxylic acids is 4. The summed E-state index contributed by atoms with van der Waals surface area (Å²) in [6.07, 6.45) is -1.07. The van der Waals surface area contributed by atoms with Gasteiger partial charge < -0.3 is 24.4 Å². The molecule has 4 amide bonds. The molecule has 1 N–H and O–H groups in total. The summed E-state index contributed by atoms with van der Waals surface area (Å²) in [5, 5.41) is 2.65. The van der Waals surface area contributed by atoms with Crippen molar-refractivity contribution in [2.24, 2.45) is 0 Å². The van der Waals surface area contributed by atoms with E-state index in [9.17, 15) is 19.2 Å². The van der Waals surface area contributed by atoms with Gasteiger partial charge in [0.25, 0.3) is 11.8 Å². The number of benzene rings is 1. The Balaban J connectivity index is 1.46. The molecule has 1 fully saturated rings. The van der Waals surface area contributed by atoms with Crippen LogP contribution in [0.25, 0.3) is 0 Å². The van der Waals surface area contributed by atoms with Crippen molar-refractivity contribution >= 4 is 23.8 Å². The lowest BCUT2D eigenvalue weighted by Gasteiger charge is -2.16. The van der Waals surface area contributed by atoms with E-state index >= 15 is 0 Å². The summed E-state index contributed by atoms with van der Waals surface area (Å²) in [5.74, 6) is -0.579. The second-order valence-electron chi connectivity index (χ2n) is 6.16. The van der Waals surface area contributed by atoms with Crippen molar-refractivity contribution < 1.29 is 33.4 Å². The highest BCUT2D eigenvalue weighted by Gasteiger charge is 2.35. The smallest absolute Gasteiger partial charge is 0.327 e. The monoisotopic (exact) mass is 377 g/mol. The predicted octanol–water partition coefficient (Wildman–Crippen LogP) is -0.143. The number of ether oxygens (including phenoxy) is 3. The molecule has 1 aromatic carbocycles. The molecule has 27 heavy (non-hydrogen) atoms. The summed E-state index contributed by atoms with van der Waals surface area (Å²) in [7, 11) is 1.46. The Morgan fingerprint density at radius 3 is 2.70 bits per heavy atom. The van der Waals surface area contributed by atoms with Gasteiger partial charge in [-0.3, -0.25) is 19.3 Å². The SMILES string of the molecule is C[C@@H](OC(=O)CN1C(=O)CN(C)C1=O)C(=O)NCc1ccc2c(c1)OCO2. The summed E-state index contributed by atoms with van der Waals surface area (Å²) < 4.78 is 15.5. The number of amides is 4. The van der Waals surface area contributed by atoms with Crippen LogP contribution in [-0.2, 0) is 25.7 Å². The first-order valence-corrected chi connectivity index (χ1v) is 8.26. The van der Waals surface area contributed by atoms with Crippen LogP contribution < -0.4 is 14.8 Å². The Hall–Kier alpha value is -3.30. The number of carbonyl (C=O) groups is 4. The van der Waals surface area contributed by atoms with E-state index in [1.807, 2.05) is 0 Å². The van der Waals surface area contributed by atoms with E-state index in [0.29, 0.717) is 11.5 Å². The molecule has 10 heteroatoms. The molecule has 3 rings (SSSR count). The molecule has 144 valence electrons. The maximum Gasteiger partial charge on any atom is 0.327 e. The summed E-state index contributed by atoms with van der Waals surface area (Å²) in [6.45, 7) is 1.17. The van der Waals surface area contributed by atoms with Crippen LogP contribution in [0.1, 0.15) is 12.5 Å². The van der Waals surface area contributed by atoms with E-state index in [0.717, 1.165) is 10.5 Å². The molecule has 1 atom stereocenters. The maximum atomic E-state index is 12.1. The number of urea groups is 1. The summed E-state index contributed by atoms with van der Waals surface area (Å²) in [5.41, 5.74) is 0.794. The zero-order valence-electron chi connectivity index (χ0n) is 14.9. The molecular formula is C17H19N3O7. The first-order valence-electron chi connectivity index (χ1n) is 8.26. The molecule has 1 aromatic rings. The van der Waals surface area contributed by atoms with E-state index in [1.54, 1.807) is 18.2 Å². The third-order valence-electron chi connectivity index (χ3n) is 4.10. The summed E-state index contributed by atoms with van der Waals surface area (Å²) in [6, 6.07) is 4.71. The molecule has 10 nitrogen and oxygen atoms in total. The van der Waals surface area contributed by atoms with Crippen molar-refractivity contribution in [2.45, 2.75) is 19.6 Å². The first-order chi connectivity index (χ1) is 12.8. The van der Waals surface area contributed by atoms with E-state index in [4.69, 9.17) is 14.2 Å². The maximum absolute atomic E-state index is 12.1. The Labute approximate surface area is 154 Å². The largest absolute Gasteiger partial charge is 0.454 e. The number of likely N-dealkylation sites (N-methyl/N-ethyl adjacent to an activating group) is 1. The van der Waals surface area contributed by atoms with Crippen LogP contribution in [0.4, 0.5) is 4.79 Å². The fraction of sp³-hybridized carbons (Fsp3) is 0.412. The lowest BCUT2D eigenvalue weighted by atomic mass is 10.2. The Morgan fingerprint density at radius 2 is 2.00 bits per heavy atom. The number of esters is 1. The van der Waals surface area contributed by atoms with Crippen molar-refractivity contribution in [1.82, 2.24) is 15.1 Å². The topological polar surface area (TPSA) is 114 Å². The minimum absolute atomic E-state index is 0.0856. The molecule has 2 heterocycles. The molecule has 2 aliphatic rings. The Kier molecular flexibility index (Phi) is 5.15. The number of hydrogen-bond donors (Lipinski definition) is 1. The number of nitrogens with zero attached hydrogens (tertiary/aromatic N) is 2. The number of rotatable bonds is 6. The average molecular weight is 377 g/mol. The minimum atomic E-state index is -1.07. The molecule has 0 unspecified atom stereocenters. The zero-order valence-corrected chi connectivity index (χ0v) is 14.9. The van der Waals surface area contributed by atoms with Crippen molar-refractivity contribution in [3.63, 3.8) is 0 Å². The molecule has 0 saturated carbocycles. The zero-order chi connectivity index (χ0) is 19.6. The van der Waals surface area contributed by atoms with Gasteiger partial charge in [-0.15, -0.1) is 0 Å². The van der Waals surface area contributed by atoms with Crippen molar-refractivity contribution in [3.8, 4) is 11.5 Å². The first kappa shape index (κ1) is 18.5. The van der Waals surface area contributed by atoms with Crippen LogP contribution in [0.5, 0.6) is 11.5 Å². The third-order valence-corrected chi connectivity index (χ3v) is 4.10. The van der Waals surface area contributed by atoms with Crippen LogP contribution in [0.3, 0.4) is 0 Å². The van der Waals surface area contributed by atoms with E-state index in [1.165, 1.54) is 18.9 Å². The van der Waals surface area contributed by atoms with E-state index in [-0.39, 0.29) is 19.9 Å². The highest BCUT2D eigenvalue weighted by Crippen LogP contribution is 2.32. The second-order valence-corrected chi connectivity index (χ2v) is 6.16. The van der Waals surface area contributed by atoms with Crippen LogP contribution in [0.15, 0.2) is 18.2 Å². The second kappa shape index (κ2) is 7.52. The highest BCUT2D eigenvalue weighted by atomic mass is 16.7. The lowest BCUT2D eigenvalue weighted by Crippen LogP contribution is -2.40. The molecule has 1 saturated heterocycles. The van der Waals surface area contributed by atoms with Gasteiger partial charge >= 0.3 is 12.0 Å². The summed E-state index contributed by atoms with van der Waals surface area (Å²) in [4.78, 5) is 49.4. The van der Waals surface area contributed by atoms with Gasteiger partial charge in [-0.05, 0) is 24.6 Å². The van der Waals surface area contributed by atoms with Gasteiger partial charge in [0, 0.05) is 13.6 Å². The number of nitrogens with one attached hydrogen (secondary N) is 1. The van der Waals surface area contributed by atoms with Gasteiger partial charge in [0.15, 0.2) is 17.6 Å². The van der Waals surface area contributed by atoms with Crippen LogP contribution in [0, 0.1) is 0 Å². The minimum Gasteiger partial charge on any atom is -0.454 e. The van der Waals surface area contributed by atoms with Gasteiger partial charge in [0.05, 0.1) is 0 Å². The molecule has 2 aliphatic heterocycles. The molecule has 0 bridgehead atoms. The number of fused-ring (bicyclic) bond motifs is 1. The van der Waals surface area contributed by atoms with E-state index in [2.05, 4.69) is 5.32 Å². The molecule has 0 aliphatic carbocycles. The number of hydrogen-bond acceptors (Lipinski definition) is 7. The van der Waals surface area contributed by atoms with Crippen molar-refractivity contribution in [2.75, 3.05) is 26.9 Å². The average Bonchev–Trinajstić information content (AvgIpc) is 3.19. The van der Waals surface area contributed by atoms with Gasteiger partial charge in [0.2, 0.25) is 6.79 Å². The van der Waals surface area contributed by atoms with Gasteiger partial charge in [-0.2, -0.15) is 0 Å². The lowest BCUT2D eigenvalue weighted by molar-refractivity contribution is -0.156. The molecule has 0 radical (unpaired) electrons. The van der Waals surface area contributed by atoms with Gasteiger partial charge in [-0.1, -0.05) is 6.07 Å². The number of imide groups is 1. The molecule has 0 aromatic heterocycles. The normalized spacial score (nSPS) is 16.5. The standard InChI is InChI=1S/C17H19N3O7/c1-10(27-15(22)8-20-14(21)7-19(2)17(20)24)16(23)18-6-11-3-4-12-13(5-11)26-9-25-12/h3-5,10H,6-9H2,1-2H3,(H,18,23)/t10-/m1/s1. The molecule has 0 spiro atoms. The van der Waals surface area contributed by atoms with Gasteiger partial charge in [-0.25, -0.2) is 4.79 Å². The molecular weight excluding hydrogens is 358 g/mol. The Morgan fingerprint density at radius 1 is 1.26 bits per heavy atom. The quantitative estimate of drug-likeness (QED) is 0.542. The fourth-order valence-corrected chi connectivity index (χ4v) is 2.63. The third kappa shape index (κ3) is 4.10. The van der Waals surface area contributed by atoms with Crippen LogP contribution in [0.2, 0.25) is 0 Å².